The van der Waals surface area contributed by atoms with Crippen molar-refractivity contribution in [1.82, 2.24) is 0 Å². The Kier molecular flexibility index (Phi) is 3.53. The Hall–Kier alpha value is -0.0800. The monoisotopic (exact) mass is 172 g/mol. The molecule has 1 saturated heterocycles. The summed E-state index contributed by atoms with van der Waals surface area (Å²) in [4.78, 5) is 0. The van der Waals surface area contributed by atoms with Crippen molar-refractivity contribution in [2.75, 3.05) is 19.8 Å². The van der Waals surface area contributed by atoms with Crippen LogP contribution in [0.1, 0.15) is 33.1 Å². The molecule has 1 rings (SSSR count). The van der Waals surface area contributed by atoms with Crippen molar-refractivity contribution in [3.05, 3.63) is 0 Å². The average Bonchev–Trinajstić information content (AvgIpc) is 2.06. The van der Waals surface area contributed by atoms with Gasteiger partial charge in [-0.1, -0.05) is 13.8 Å². The van der Waals surface area contributed by atoms with Gasteiger partial charge < -0.3 is 9.84 Å². The van der Waals surface area contributed by atoms with Gasteiger partial charge in [0.15, 0.2) is 0 Å². The van der Waals surface area contributed by atoms with E-state index in [0.717, 1.165) is 19.6 Å². The van der Waals surface area contributed by atoms with Gasteiger partial charge in [0.05, 0.1) is 0 Å². The van der Waals surface area contributed by atoms with Crippen LogP contribution in [0.25, 0.3) is 0 Å². The Morgan fingerprint density at radius 1 is 1.50 bits per heavy atom. The van der Waals surface area contributed by atoms with Gasteiger partial charge in [-0.15, -0.1) is 0 Å². The van der Waals surface area contributed by atoms with Crippen LogP contribution in [0.3, 0.4) is 0 Å². The lowest BCUT2D eigenvalue weighted by Crippen LogP contribution is -2.26. The van der Waals surface area contributed by atoms with Gasteiger partial charge in [-0.25, -0.2) is 0 Å². The van der Waals surface area contributed by atoms with E-state index in [2.05, 4.69) is 13.8 Å². The van der Waals surface area contributed by atoms with Crippen LogP contribution in [-0.4, -0.2) is 24.9 Å². The van der Waals surface area contributed by atoms with Crippen LogP contribution in [0.15, 0.2) is 0 Å². The van der Waals surface area contributed by atoms with Gasteiger partial charge in [0, 0.05) is 19.8 Å². The van der Waals surface area contributed by atoms with Gasteiger partial charge in [0.1, 0.15) is 0 Å². The molecular weight excluding hydrogens is 152 g/mol. The molecule has 0 radical (unpaired) electrons. The second kappa shape index (κ2) is 4.24. The number of hydrogen-bond acceptors (Lipinski definition) is 2. The van der Waals surface area contributed by atoms with E-state index in [0.29, 0.717) is 5.92 Å². The third kappa shape index (κ3) is 3.11. The van der Waals surface area contributed by atoms with Crippen molar-refractivity contribution in [1.29, 1.82) is 0 Å². The maximum atomic E-state index is 9.08. The van der Waals surface area contributed by atoms with Gasteiger partial charge in [0.2, 0.25) is 0 Å². The SMILES string of the molecule is CC(C)(CO)C[C@H]1CCCOC1. The van der Waals surface area contributed by atoms with Crippen LogP contribution in [0, 0.1) is 11.3 Å². The van der Waals surface area contributed by atoms with E-state index in [4.69, 9.17) is 9.84 Å². The van der Waals surface area contributed by atoms with Crippen LogP contribution < -0.4 is 0 Å². The van der Waals surface area contributed by atoms with Gasteiger partial charge in [-0.3, -0.25) is 0 Å². The van der Waals surface area contributed by atoms with Crippen molar-refractivity contribution in [2.24, 2.45) is 11.3 Å². The maximum Gasteiger partial charge on any atom is 0.0494 e. The topological polar surface area (TPSA) is 29.5 Å². The average molecular weight is 172 g/mol. The molecule has 1 aliphatic heterocycles. The molecule has 1 fully saturated rings. The number of aliphatic hydroxyl groups excluding tert-OH is 1. The summed E-state index contributed by atoms with van der Waals surface area (Å²) in [5.41, 5.74) is 0.0748. The fourth-order valence-corrected chi connectivity index (χ4v) is 1.81. The Labute approximate surface area is 74.9 Å². The Morgan fingerprint density at radius 2 is 2.25 bits per heavy atom. The van der Waals surface area contributed by atoms with Crippen molar-refractivity contribution in [2.45, 2.75) is 33.1 Å². The number of rotatable bonds is 3. The van der Waals surface area contributed by atoms with Gasteiger partial charge in [-0.2, -0.15) is 0 Å². The number of ether oxygens (including phenoxy) is 1. The third-order valence-corrected chi connectivity index (χ3v) is 2.52. The highest BCUT2D eigenvalue weighted by molar-refractivity contribution is 4.74. The summed E-state index contributed by atoms with van der Waals surface area (Å²) >= 11 is 0. The van der Waals surface area contributed by atoms with Crippen molar-refractivity contribution in [3.8, 4) is 0 Å². The minimum absolute atomic E-state index is 0.0748. The highest BCUT2D eigenvalue weighted by Gasteiger charge is 2.24. The first-order valence-electron chi connectivity index (χ1n) is 4.83. The van der Waals surface area contributed by atoms with E-state index in [-0.39, 0.29) is 12.0 Å². The molecule has 72 valence electrons. The molecule has 1 aliphatic rings. The Bertz CT molecular complexity index is 126. The molecule has 0 aromatic heterocycles. The molecule has 0 bridgehead atoms. The molecule has 0 spiro atoms. The van der Waals surface area contributed by atoms with E-state index in [1.165, 1.54) is 12.8 Å². The van der Waals surface area contributed by atoms with Crippen LogP contribution >= 0.6 is 0 Å². The highest BCUT2D eigenvalue weighted by atomic mass is 16.5. The van der Waals surface area contributed by atoms with Crippen LogP contribution in [0.5, 0.6) is 0 Å². The summed E-state index contributed by atoms with van der Waals surface area (Å²) in [5, 5.41) is 9.08. The van der Waals surface area contributed by atoms with E-state index < -0.39 is 0 Å². The first-order chi connectivity index (χ1) is 5.64. The summed E-state index contributed by atoms with van der Waals surface area (Å²) in [6.07, 6.45) is 3.54. The predicted octanol–water partition coefficient (Wildman–Crippen LogP) is 1.82. The molecule has 0 aromatic carbocycles. The summed E-state index contributed by atoms with van der Waals surface area (Å²) in [6, 6.07) is 0. The summed E-state index contributed by atoms with van der Waals surface area (Å²) in [5.74, 6) is 0.667. The molecule has 2 nitrogen and oxygen atoms in total. The molecule has 0 saturated carbocycles. The minimum atomic E-state index is 0.0748. The van der Waals surface area contributed by atoms with E-state index in [1.54, 1.807) is 0 Å². The Balaban J connectivity index is 2.28. The van der Waals surface area contributed by atoms with Crippen LogP contribution in [-0.2, 0) is 4.74 Å². The number of hydrogen-bond donors (Lipinski definition) is 1. The standard InChI is InChI=1S/C10H20O2/c1-10(2,8-11)6-9-4-3-5-12-7-9/h9,11H,3-8H2,1-2H3/t9-/m1/s1. The molecule has 1 atom stereocenters. The zero-order chi connectivity index (χ0) is 9.03. The van der Waals surface area contributed by atoms with Crippen molar-refractivity contribution >= 4 is 0 Å². The fraction of sp³-hybridized carbons (Fsp3) is 1.00. The molecule has 0 aliphatic carbocycles. The maximum absolute atomic E-state index is 9.08. The largest absolute Gasteiger partial charge is 0.396 e. The number of aliphatic hydroxyl groups is 1. The molecule has 1 heterocycles. The summed E-state index contributed by atoms with van der Waals surface area (Å²) in [6.45, 7) is 6.33. The lowest BCUT2D eigenvalue weighted by atomic mass is 9.81. The molecule has 0 unspecified atom stereocenters. The summed E-state index contributed by atoms with van der Waals surface area (Å²) in [7, 11) is 0. The minimum Gasteiger partial charge on any atom is -0.396 e. The lowest BCUT2D eigenvalue weighted by Gasteiger charge is -2.30. The molecule has 0 aromatic rings. The zero-order valence-electron chi connectivity index (χ0n) is 8.18. The highest BCUT2D eigenvalue weighted by Crippen LogP contribution is 2.29. The first kappa shape index (κ1) is 10.0. The second-order valence-corrected chi connectivity index (χ2v) is 4.61. The van der Waals surface area contributed by atoms with Gasteiger partial charge in [-0.05, 0) is 30.6 Å². The normalized spacial score (nSPS) is 25.8. The van der Waals surface area contributed by atoms with Crippen LogP contribution in [0.4, 0.5) is 0 Å². The quantitative estimate of drug-likeness (QED) is 0.703. The van der Waals surface area contributed by atoms with Gasteiger partial charge in [0.25, 0.3) is 0 Å². The zero-order valence-corrected chi connectivity index (χ0v) is 8.18. The lowest BCUT2D eigenvalue weighted by molar-refractivity contribution is 0.0257. The third-order valence-electron chi connectivity index (χ3n) is 2.52. The van der Waals surface area contributed by atoms with Crippen molar-refractivity contribution in [3.63, 3.8) is 0 Å². The molecule has 1 N–H and O–H groups in total. The summed E-state index contributed by atoms with van der Waals surface area (Å²) < 4.78 is 5.39. The molecule has 2 heteroatoms. The Morgan fingerprint density at radius 3 is 2.75 bits per heavy atom. The van der Waals surface area contributed by atoms with E-state index in [9.17, 15) is 0 Å². The van der Waals surface area contributed by atoms with E-state index in [1.807, 2.05) is 0 Å². The fourth-order valence-electron chi connectivity index (χ4n) is 1.81. The molecule has 12 heavy (non-hydrogen) atoms. The predicted molar refractivity (Wildman–Crippen MR) is 49.0 cm³/mol. The second-order valence-electron chi connectivity index (χ2n) is 4.61. The molecule has 0 amide bonds. The van der Waals surface area contributed by atoms with E-state index >= 15 is 0 Å². The molecular formula is C10H20O2. The van der Waals surface area contributed by atoms with Gasteiger partial charge >= 0.3 is 0 Å². The van der Waals surface area contributed by atoms with Crippen molar-refractivity contribution < 1.29 is 9.84 Å². The first-order valence-corrected chi connectivity index (χ1v) is 4.83. The smallest absolute Gasteiger partial charge is 0.0494 e. The van der Waals surface area contributed by atoms with Crippen LogP contribution in [0.2, 0.25) is 0 Å².